The Balaban J connectivity index is 2.04. The minimum Gasteiger partial charge on any atom is -0.341 e. The molecule has 0 saturated carbocycles. The van der Waals surface area contributed by atoms with Crippen molar-refractivity contribution in [3.05, 3.63) is 35.0 Å². The maximum atomic E-state index is 6.15. The number of nitrogens with zero attached hydrogens (tertiary/aromatic N) is 2. The van der Waals surface area contributed by atoms with Crippen LogP contribution in [0.5, 0.6) is 0 Å². The van der Waals surface area contributed by atoms with E-state index in [-0.39, 0.29) is 0 Å². The van der Waals surface area contributed by atoms with Crippen molar-refractivity contribution in [1.82, 2.24) is 9.47 Å². The van der Waals surface area contributed by atoms with E-state index in [2.05, 4.69) is 41.5 Å². The van der Waals surface area contributed by atoms with Gasteiger partial charge in [-0.3, -0.25) is 4.90 Å². The number of rotatable bonds is 3. The van der Waals surface area contributed by atoms with Crippen LogP contribution in [0.3, 0.4) is 0 Å². The molecule has 1 aromatic heterocycles. The SMILES string of the molecule is CC(C)n1c(CN2CCCC2)cc2ccc(Cl)cc21. The first-order chi connectivity index (χ1) is 9.15. The molecule has 1 aliphatic rings. The summed E-state index contributed by atoms with van der Waals surface area (Å²) < 4.78 is 2.43. The highest BCUT2D eigenvalue weighted by molar-refractivity contribution is 6.31. The van der Waals surface area contributed by atoms with Crippen LogP contribution in [-0.4, -0.2) is 22.6 Å². The van der Waals surface area contributed by atoms with Crippen molar-refractivity contribution in [2.24, 2.45) is 0 Å². The molecule has 0 unspecified atom stereocenters. The Hall–Kier alpha value is -0.990. The van der Waals surface area contributed by atoms with E-state index < -0.39 is 0 Å². The minimum absolute atomic E-state index is 0.466. The van der Waals surface area contributed by atoms with Gasteiger partial charge in [-0.2, -0.15) is 0 Å². The summed E-state index contributed by atoms with van der Waals surface area (Å²) >= 11 is 6.15. The van der Waals surface area contributed by atoms with Gasteiger partial charge in [0.25, 0.3) is 0 Å². The number of fused-ring (bicyclic) bond motifs is 1. The molecule has 0 radical (unpaired) electrons. The van der Waals surface area contributed by atoms with Crippen LogP contribution in [0.2, 0.25) is 5.02 Å². The van der Waals surface area contributed by atoms with Gasteiger partial charge in [-0.25, -0.2) is 0 Å². The molecule has 0 aliphatic carbocycles. The smallest absolute Gasteiger partial charge is 0.0500 e. The van der Waals surface area contributed by atoms with E-state index in [4.69, 9.17) is 11.6 Å². The van der Waals surface area contributed by atoms with Gasteiger partial charge in [0.1, 0.15) is 0 Å². The summed E-state index contributed by atoms with van der Waals surface area (Å²) in [5, 5.41) is 2.12. The molecular formula is C16H21ClN2. The Labute approximate surface area is 120 Å². The van der Waals surface area contributed by atoms with E-state index in [1.54, 1.807) is 0 Å². The second kappa shape index (κ2) is 5.18. The quantitative estimate of drug-likeness (QED) is 0.803. The van der Waals surface area contributed by atoms with Gasteiger partial charge in [0.2, 0.25) is 0 Å². The lowest BCUT2D eigenvalue weighted by Gasteiger charge is -2.19. The van der Waals surface area contributed by atoms with Crippen molar-refractivity contribution in [2.45, 2.75) is 39.3 Å². The molecule has 1 aliphatic heterocycles. The predicted octanol–water partition coefficient (Wildman–Crippen LogP) is 4.47. The molecule has 2 aromatic rings. The maximum absolute atomic E-state index is 6.15. The number of hydrogen-bond acceptors (Lipinski definition) is 1. The Morgan fingerprint density at radius 2 is 1.89 bits per heavy atom. The Morgan fingerprint density at radius 3 is 2.58 bits per heavy atom. The second-order valence-electron chi connectivity index (χ2n) is 5.79. The zero-order valence-electron chi connectivity index (χ0n) is 11.7. The first-order valence-electron chi connectivity index (χ1n) is 7.17. The summed E-state index contributed by atoms with van der Waals surface area (Å²) in [6.07, 6.45) is 2.68. The van der Waals surface area contributed by atoms with Gasteiger partial charge in [0, 0.05) is 34.2 Å². The molecule has 2 heterocycles. The summed E-state index contributed by atoms with van der Waals surface area (Å²) in [5.41, 5.74) is 2.67. The van der Waals surface area contributed by atoms with Crippen LogP contribution >= 0.6 is 11.6 Å². The van der Waals surface area contributed by atoms with Crippen molar-refractivity contribution in [2.75, 3.05) is 13.1 Å². The standard InChI is InChI=1S/C16H21ClN2/c1-12(2)19-15(11-18-7-3-4-8-18)9-13-5-6-14(17)10-16(13)19/h5-6,9-10,12H,3-4,7-8,11H2,1-2H3. The number of halogens is 1. The summed E-state index contributed by atoms with van der Waals surface area (Å²) in [6.45, 7) is 8.02. The Kier molecular flexibility index (Phi) is 3.55. The van der Waals surface area contributed by atoms with Crippen LogP contribution in [0.25, 0.3) is 10.9 Å². The Morgan fingerprint density at radius 1 is 1.16 bits per heavy atom. The van der Waals surface area contributed by atoms with Gasteiger partial charge >= 0.3 is 0 Å². The highest BCUT2D eigenvalue weighted by Crippen LogP contribution is 2.28. The van der Waals surface area contributed by atoms with Crippen molar-refractivity contribution in [3.8, 4) is 0 Å². The molecular weight excluding hydrogens is 256 g/mol. The normalized spacial score (nSPS) is 16.8. The molecule has 0 atom stereocenters. The Bertz CT molecular complexity index is 580. The first-order valence-corrected chi connectivity index (χ1v) is 7.54. The largest absolute Gasteiger partial charge is 0.341 e. The average molecular weight is 277 g/mol. The third-order valence-corrected chi connectivity index (χ3v) is 4.22. The zero-order chi connectivity index (χ0) is 13.4. The van der Waals surface area contributed by atoms with Crippen molar-refractivity contribution in [3.63, 3.8) is 0 Å². The van der Waals surface area contributed by atoms with Crippen LogP contribution in [-0.2, 0) is 6.54 Å². The van der Waals surface area contributed by atoms with Crippen LogP contribution in [0.15, 0.2) is 24.3 Å². The molecule has 102 valence electrons. The monoisotopic (exact) mass is 276 g/mol. The van der Waals surface area contributed by atoms with E-state index in [0.717, 1.165) is 11.6 Å². The van der Waals surface area contributed by atoms with Gasteiger partial charge in [-0.1, -0.05) is 17.7 Å². The van der Waals surface area contributed by atoms with Gasteiger partial charge in [-0.05, 0) is 58.0 Å². The molecule has 1 fully saturated rings. The van der Waals surface area contributed by atoms with Gasteiger partial charge < -0.3 is 4.57 Å². The topological polar surface area (TPSA) is 8.17 Å². The second-order valence-corrected chi connectivity index (χ2v) is 6.22. The highest BCUT2D eigenvalue weighted by Gasteiger charge is 2.17. The number of hydrogen-bond donors (Lipinski definition) is 0. The predicted molar refractivity (Wildman–Crippen MR) is 81.8 cm³/mol. The molecule has 0 amide bonds. The average Bonchev–Trinajstić information content (AvgIpc) is 2.96. The molecule has 1 aromatic carbocycles. The lowest BCUT2D eigenvalue weighted by atomic mass is 10.2. The number of benzene rings is 1. The van der Waals surface area contributed by atoms with Crippen molar-refractivity contribution >= 4 is 22.5 Å². The van der Waals surface area contributed by atoms with Gasteiger partial charge in [-0.15, -0.1) is 0 Å². The fourth-order valence-corrected chi connectivity index (χ4v) is 3.32. The summed E-state index contributed by atoms with van der Waals surface area (Å²) in [4.78, 5) is 2.55. The van der Waals surface area contributed by atoms with Crippen LogP contribution in [0, 0.1) is 0 Å². The summed E-state index contributed by atoms with van der Waals surface area (Å²) in [7, 11) is 0. The molecule has 0 N–H and O–H groups in total. The summed E-state index contributed by atoms with van der Waals surface area (Å²) in [6, 6.07) is 8.99. The first kappa shape index (κ1) is 13.0. The molecule has 0 spiro atoms. The van der Waals surface area contributed by atoms with E-state index in [1.807, 2.05) is 6.07 Å². The van der Waals surface area contributed by atoms with E-state index in [1.165, 1.54) is 42.5 Å². The molecule has 3 rings (SSSR count). The van der Waals surface area contributed by atoms with Crippen molar-refractivity contribution in [1.29, 1.82) is 0 Å². The molecule has 19 heavy (non-hydrogen) atoms. The van der Waals surface area contributed by atoms with E-state index >= 15 is 0 Å². The number of likely N-dealkylation sites (tertiary alicyclic amines) is 1. The zero-order valence-corrected chi connectivity index (χ0v) is 12.5. The van der Waals surface area contributed by atoms with Gasteiger partial charge in [0.05, 0.1) is 0 Å². The molecule has 1 saturated heterocycles. The fraction of sp³-hybridized carbons (Fsp3) is 0.500. The van der Waals surface area contributed by atoms with Crippen LogP contribution in [0.1, 0.15) is 38.4 Å². The third-order valence-electron chi connectivity index (χ3n) is 3.98. The lowest BCUT2D eigenvalue weighted by molar-refractivity contribution is 0.319. The highest BCUT2D eigenvalue weighted by atomic mass is 35.5. The van der Waals surface area contributed by atoms with Gasteiger partial charge in [0.15, 0.2) is 0 Å². The lowest BCUT2D eigenvalue weighted by Crippen LogP contribution is -2.21. The fourth-order valence-electron chi connectivity index (χ4n) is 3.15. The summed E-state index contributed by atoms with van der Waals surface area (Å²) in [5.74, 6) is 0. The van der Waals surface area contributed by atoms with E-state index in [0.29, 0.717) is 6.04 Å². The minimum atomic E-state index is 0.466. The van der Waals surface area contributed by atoms with Crippen LogP contribution in [0.4, 0.5) is 0 Å². The van der Waals surface area contributed by atoms with E-state index in [9.17, 15) is 0 Å². The number of aromatic nitrogens is 1. The molecule has 2 nitrogen and oxygen atoms in total. The van der Waals surface area contributed by atoms with Crippen molar-refractivity contribution < 1.29 is 0 Å². The van der Waals surface area contributed by atoms with Crippen LogP contribution < -0.4 is 0 Å². The third kappa shape index (κ3) is 2.52. The molecule has 0 bridgehead atoms. The molecule has 3 heteroatoms. The maximum Gasteiger partial charge on any atom is 0.0500 e.